The minimum atomic E-state index is -0.0453. The number of aromatic nitrogens is 1. The Bertz CT molecular complexity index is 608. The molecular formula is C15H15BrN2O. The van der Waals surface area contributed by atoms with Gasteiger partial charge in [-0.1, -0.05) is 17.7 Å². The van der Waals surface area contributed by atoms with Crippen molar-refractivity contribution in [2.24, 2.45) is 0 Å². The third kappa shape index (κ3) is 3.01. The quantitative estimate of drug-likeness (QED) is 0.845. The van der Waals surface area contributed by atoms with Gasteiger partial charge in [0.05, 0.1) is 0 Å². The van der Waals surface area contributed by atoms with Gasteiger partial charge in [-0.15, -0.1) is 0 Å². The maximum Gasteiger partial charge on any atom is 0.259 e. The van der Waals surface area contributed by atoms with Crippen molar-refractivity contribution in [1.82, 2.24) is 4.98 Å². The molecule has 0 bridgehead atoms. The Kier molecular flexibility index (Phi) is 4.00. The Morgan fingerprint density at radius 1 is 1.21 bits per heavy atom. The van der Waals surface area contributed by atoms with Crippen molar-refractivity contribution in [3.63, 3.8) is 0 Å². The fourth-order valence-electron chi connectivity index (χ4n) is 1.82. The van der Waals surface area contributed by atoms with Crippen LogP contribution in [0.2, 0.25) is 0 Å². The van der Waals surface area contributed by atoms with Gasteiger partial charge in [0.2, 0.25) is 0 Å². The smallest absolute Gasteiger partial charge is 0.259 e. The van der Waals surface area contributed by atoms with Crippen LogP contribution in [-0.4, -0.2) is 17.9 Å². The third-order valence-electron chi connectivity index (χ3n) is 2.98. The van der Waals surface area contributed by atoms with E-state index in [9.17, 15) is 4.79 Å². The predicted octanol–water partition coefficient (Wildman–Crippen LogP) is 3.74. The van der Waals surface area contributed by atoms with Crippen molar-refractivity contribution >= 4 is 27.7 Å². The number of amides is 1. The number of nitrogens with zero attached hydrogens (tertiary/aromatic N) is 2. The third-order valence-corrected chi connectivity index (χ3v) is 3.45. The molecule has 0 aliphatic carbocycles. The number of carbonyl (C=O) groups is 1. The summed E-state index contributed by atoms with van der Waals surface area (Å²) < 4.78 is 0.892. The van der Waals surface area contributed by atoms with E-state index >= 15 is 0 Å². The second kappa shape index (κ2) is 5.53. The van der Waals surface area contributed by atoms with E-state index in [1.54, 1.807) is 18.1 Å². The van der Waals surface area contributed by atoms with Crippen LogP contribution in [0, 0.1) is 13.8 Å². The molecule has 0 spiro atoms. The molecular weight excluding hydrogens is 304 g/mol. The molecule has 1 aromatic heterocycles. The summed E-state index contributed by atoms with van der Waals surface area (Å²) in [5.74, 6) is 0.588. The zero-order valence-electron chi connectivity index (χ0n) is 11.1. The topological polar surface area (TPSA) is 33.2 Å². The highest BCUT2D eigenvalue weighted by Crippen LogP contribution is 2.18. The van der Waals surface area contributed by atoms with Crippen LogP contribution in [0.1, 0.15) is 21.5 Å². The van der Waals surface area contributed by atoms with E-state index in [0.29, 0.717) is 11.4 Å². The zero-order valence-corrected chi connectivity index (χ0v) is 12.7. The van der Waals surface area contributed by atoms with Gasteiger partial charge >= 0.3 is 0 Å². The molecule has 0 aliphatic heterocycles. The van der Waals surface area contributed by atoms with Gasteiger partial charge in [0.1, 0.15) is 5.82 Å². The molecule has 0 saturated heterocycles. The monoisotopic (exact) mass is 318 g/mol. The van der Waals surface area contributed by atoms with Crippen LogP contribution >= 0.6 is 15.9 Å². The predicted molar refractivity (Wildman–Crippen MR) is 80.6 cm³/mol. The van der Waals surface area contributed by atoms with Gasteiger partial charge in [-0.25, -0.2) is 4.98 Å². The molecule has 0 aliphatic rings. The number of hydrogen-bond donors (Lipinski definition) is 0. The molecule has 0 N–H and O–H groups in total. The molecule has 98 valence electrons. The Morgan fingerprint density at radius 3 is 2.58 bits per heavy atom. The van der Waals surface area contributed by atoms with Gasteiger partial charge in [0.25, 0.3) is 5.91 Å². The highest BCUT2D eigenvalue weighted by atomic mass is 79.9. The van der Waals surface area contributed by atoms with Crippen LogP contribution in [0.25, 0.3) is 0 Å². The standard InChI is InChI=1S/C15H15BrN2O/c1-10-4-5-11(2)13(8-10)15(19)18(3)14-7-6-12(16)9-17-14/h4-9H,1-3H3. The Morgan fingerprint density at radius 2 is 1.95 bits per heavy atom. The van der Waals surface area contributed by atoms with Gasteiger partial charge in [-0.3, -0.25) is 9.69 Å². The summed E-state index contributed by atoms with van der Waals surface area (Å²) in [4.78, 5) is 18.3. The Hall–Kier alpha value is -1.68. The Labute approximate surface area is 121 Å². The number of benzene rings is 1. The zero-order chi connectivity index (χ0) is 14.0. The van der Waals surface area contributed by atoms with Crippen LogP contribution in [0.4, 0.5) is 5.82 Å². The number of hydrogen-bond acceptors (Lipinski definition) is 2. The number of anilines is 1. The minimum Gasteiger partial charge on any atom is -0.296 e. The van der Waals surface area contributed by atoms with E-state index in [1.165, 1.54) is 0 Å². The molecule has 4 heteroatoms. The van der Waals surface area contributed by atoms with Crippen molar-refractivity contribution < 1.29 is 4.79 Å². The number of carbonyl (C=O) groups excluding carboxylic acids is 1. The van der Waals surface area contributed by atoms with Crippen molar-refractivity contribution in [3.05, 3.63) is 57.7 Å². The van der Waals surface area contributed by atoms with E-state index in [2.05, 4.69) is 20.9 Å². The first-order valence-electron chi connectivity index (χ1n) is 5.96. The molecule has 3 nitrogen and oxygen atoms in total. The number of aryl methyl sites for hydroxylation is 2. The molecule has 2 rings (SSSR count). The van der Waals surface area contributed by atoms with Crippen molar-refractivity contribution in [2.45, 2.75) is 13.8 Å². The second-order valence-corrected chi connectivity index (χ2v) is 5.43. The lowest BCUT2D eigenvalue weighted by Crippen LogP contribution is -2.27. The number of rotatable bonds is 2. The largest absolute Gasteiger partial charge is 0.296 e. The maximum atomic E-state index is 12.5. The van der Waals surface area contributed by atoms with E-state index in [-0.39, 0.29) is 5.91 Å². The summed E-state index contributed by atoms with van der Waals surface area (Å²) in [7, 11) is 1.74. The SMILES string of the molecule is Cc1ccc(C)c(C(=O)N(C)c2ccc(Br)cn2)c1. The average Bonchev–Trinajstić information content (AvgIpc) is 2.41. The molecule has 1 amide bonds. The first kappa shape index (κ1) is 13.7. The number of halogens is 1. The number of pyridine rings is 1. The van der Waals surface area contributed by atoms with Crippen LogP contribution in [0.3, 0.4) is 0 Å². The molecule has 1 heterocycles. The minimum absolute atomic E-state index is 0.0453. The van der Waals surface area contributed by atoms with E-state index in [4.69, 9.17) is 0 Å². The molecule has 0 radical (unpaired) electrons. The van der Waals surface area contributed by atoms with Crippen molar-refractivity contribution in [2.75, 3.05) is 11.9 Å². The van der Waals surface area contributed by atoms with Gasteiger partial charge in [-0.05, 0) is 53.5 Å². The lowest BCUT2D eigenvalue weighted by Gasteiger charge is -2.17. The van der Waals surface area contributed by atoms with Crippen molar-refractivity contribution in [3.8, 4) is 0 Å². The normalized spacial score (nSPS) is 10.3. The summed E-state index contributed by atoms with van der Waals surface area (Å²) in [6.45, 7) is 3.92. The summed E-state index contributed by atoms with van der Waals surface area (Å²) in [5.41, 5.74) is 2.76. The van der Waals surface area contributed by atoms with Crippen LogP contribution < -0.4 is 4.90 Å². The molecule has 19 heavy (non-hydrogen) atoms. The van der Waals surface area contributed by atoms with Gasteiger partial charge in [0.15, 0.2) is 0 Å². The van der Waals surface area contributed by atoms with Gasteiger partial charge < -0.3 is 0 Å². The fraction of sp³-hybridized carbons (Fsp3) is 0.200. The van der Waals surface area contributed by atoms with E-state index in [0.717, 1.165) is 15.6 Å². The first-order valence-corrected chi connectivity index (χ1v) is 6.75. The maximum absolute atomic E-state index is 12.5. The fourth-order valence-corrected chi connectivity index (χ4v) is 2.05. The Balaban J connectivity index is 2.33. The molecule has 0 fully saturated rings. The van der Waals surface area contributed by atoms with Gasteiger partial charge in [-0.2, -0.15) is 0 Å². The molecule has 0 unspecified atom stereocenters. The van der Waals surface area contributed by atoms with E-state index in [1.807, 2.05) is 44.2 Å². The average molecular weight is 319 g/mol. The first-order chi connectivity index (χ1) is 8.99. The highest BCUT2D eigenvalue weighted by Gasteiger charge is 2.16. The van der Waals surface area contributed by atoms with Crippen LogP contribution in [0.5, 0.6) is 0 Å². The van der Waals surface area contributed by atoms with Crippen molar-refractivity contribution in [1.29, 1.82) is 0 Å². The summed E-state index contributed by atoms with van der Waals surface area (Å²) >= 11 is 3.33. The molecule has 1 aromatic carbocycles. The highest BCUT2D eigenvalue weighted by molar-refractivity contribution is 9.10. The molecule has 0 saturated carbocycles. The van der Waals surface area contributed by atoms with E-state index < -0.39 is 0 Å². The summed E-state index contributed by atoms with van der Waals surface area (Å²) in [5, 5.41) is 0. The van der Waals surface area contributed by atoms with Gasteiger partial charge in [0, 0.05) is 23.3 Å². The molecule has 0 atom stereocenters. The lowest BCUT2D eigenvalue weighted by atomic mass is 10.0. The van der Waals surface area contributed by atoms with Crippen LogP contribution in [0.15, 0.2) is 41.0 Å². The van der Waals surface area contributed by atoms with Crippen LogP contribution in [-0.2, 0) is 0 Å². The molecule has 2 aromatic rings. The summed E-state index contributed by atoms with van der Waals surface area (Å²) in [6.07, 6.45) is 1.68. The lowest BCUT2D eigenvalue weighted by molar-refractivity contribution is 0.0991. The second-order valence-electron chi connectivity index (χ2n) is 4.52. The summed E-state index contributed by atoms with van der Waals surface area (Å²) in [6, 6.07) is 9.56.